The SMILES string of the molecule is CCOCCn1c(=NC(=O)c2ccccc2SCC)sc2c(OC)ccc(OC)c21. The highest BCUT2D eigenvalue weighted by Crippen LogP contribution is 2.35. The molecule has 2 aromatic carbocycles. The number of hydrogen-bond donors (Lipinski definition) is 0. The molecule has 1 aromatic heterocycles. The minimum absolute atomic E-state index is 0.263. The van der Waals surface area contributed by atoms with E-state index in [1.807, 2.05) is 47.9 Å². The smallest absolute Gasteiger partial charge is 0.280 e. The van der Waals surface area contributed by atoms with Crippen LogP contribution in [0.25, 0.3) is 10.2 Å². The molecule has 0 spiro atoms. The van der Waals surface area contributed by atoms with Gasteiger partial charge in [0.1, 0.15) is 21.7 Å². The van der Waals surface area contributed by atoms with Crippen molar-refractivity contribution in [3.05, 3.63) is 46.8 Å². The summed E-state index contributed by atoms with van der Waals surface area (Å²) in [6.45, 7) is 5.70. The van der Waals surface area contributed by atoms with E-state index in [-0.39, 0.29) is 5.91 Å². The number of fused-ring (bicyclic) bond motifs is 1. The molecular weight excluding hydrogens is 420 g/mol. The number of thiazole rings is 1. The molecule has 30 heavy (non-hydrogen) atoms. The third-order valence-electron chi connectivity index (χ3n) is 4.47. The van der Waals surface area contributed by atoms with E-state index in [1.165, 1.54) is 11.3 Å². The minimum Gasteiger partial charge on any atom is -0.495 e. The van der Waals surface area contributed by atoms with Gasteiger partial charge >= 0.3 is 0 Å². The lowest BCUT2D eigenvalue weighted by Crippen LogP contribution is -2.20. The molecular formula is C22H26N2O4S2. The zero-order chi connectivity index (χ0) is 21.5. The molecule has 0 aliphatic heterocycles. The quantitative estimate of drug-likeness (QED) is 0.355. The van der Waals surface area contributed by atoms with E-state index in [2.05, 4.69) is 11.9 Å². The van der Waals surface area contributed by atoms with Gasteiger partial charge in [-0.3, -0.25) is 4.79 Å². The zero-order valence-electron chi connectivity index (χ0n) is 17.6. The summed E-state index contributed by atoms with van der Waals surface area (Å²) in [5.74, 6) is 2.04. The maximum atomic E-state index is 13.1. The first kappa shape index (κ1) is 22.4. The van der Waals surface area contributed by atoms with E-state index < -0.39 is 0 Å². The summed E-state index contributed by atoms with van der Waals surface area (Å²) >= 11 is 3.05. The highest BCUT2D eigenvalue weighted by molar-refractivity contribution is 7.99. The highest BCUT2D eigenvalue weighted by atomic mass is 32.2. The molecule has 1 heterocycles. The molecule has 0 fully saturated rings. The van der Waals surface area contributed by atoms with Crippen LogP contribution >= 0.6 is 23.1 Å². The number of carbonyl (C=O) groups excluding carboxylic acids is 1. The Kier molecular flexibility index (Phi) is 7.95. The first-order valence-electron chi connectivity index (χ1n) is 9.77. The zero-order valence-corrected chi connectivity index (χ0v) is 19.3. The second-order valence-corrected chi connectivity index (χ2v) is 8.51. The molecule has 1 amide bonds. The summed E-state index contributed by atoms with van der Waals surface area (Å²) in [5.41, 5.74) is 1.46. The molecule has 0 aliphatic carbocycles. The van der Waals surface area contributed by atoms with Crippen molar-refractivity contribution in [3.8, 4) is 11.5 Å². The molecule has 0 radical (unpaired) electrons. The molecule has 3 rings (SSSR count). The maximum absolute atomic E-state index is 13.1. The number of methoxy groups -OCH3 is 2. The topological polar surface area (TPSA) is 62.1 Å². The van der Waals surface area contributed by atoms with Gasteiger partial charge in [-0.05, 0) is 36.9 Å². The van der Waals surface area contributed by atoms with Gasteiger partial charge in [-0.2, -0.15) is 4.99 Å². The van der Waals surface area contributed by atoms with E-state index in [4.69, 9.17) is 14.2 Å². The Hall–Kier alpha value is -2.29. The summed E-state index contributed by atoms with van der Waals surface area (Å²) in [6, 6.07) is 11.3. The van der Waals surface area contributed by atoms with Crippen LogP contribution in [0.15, 0.2) is 46.3 Å². The number of carbonyl (C=O) groups is 1. The molecule has 8 heteroatoms. The lowest BCUT2D eigenvalue weighted by molar-refractivity contribution is 0.0994. The molecule has 0 atom stereocenters. The lowest BCUT2D eigenvalue weighted by Gasteiger charge is -2.10. The van der Waals surface area contributed by atoms with Crippen LogP contribution in [0.4, 0.5) is 0 Å². The van der Waals surface area contributed by atoms with Crippen LogP contribution in [0.3, 0.4) is 0 Å². The van der Waals surface area contributed by atoms with E-state index >= 15 is 0 Å². The molecule has 0 saturated carbocycles. The molecule has 6 nitrogen and oxygen atoms in total. The Morgan fingerprint density at radius 1 is 1.10 bits per heavy atom. The van der Waals surface area contributed by atoms with Gasteiger partial charge in [0.15, 0.2) is 4.80 Å². The van der Waals surface area contributed by atoms with Crippen molar-refractivity contribution >= 4 is 39.2 Å². The van der Waals surface area contributed by atoms with Crippen molar-refractivity contribution in [2.45, 2.75) is 25.3 Å². The Balaban J connectivity index is 2.19. The Morgan fingerprint density at radius 3 is 2.53 bits per heavy atom. The van der Waals surface area contributed by atoms with Gasteiger partial charge in [0.05, 0.1) is 26.4 Å². The van der Waals surface area contributed by atoms with E-state index in [9.17, 15) is 4.79 Å². The molecule has 160 valence electrons. The van der Waals surface area contributed by atoms with Gasteiger partial charge in [0, 0.05) is 18.0 Å². The normalized spacial score (nSPS) is 11.8. The Morgan fingerprint density at radius 2 is 1.83 bits per heavy atom. The predicted molar refractivity (Wildman–Crippen MR) is 122 cm³/mol. The van der Waals surface area contributed by atoms with Crippen molar-refractivity contribution in [1.29, 1.82) is 0 Å². The average molecular weight is 447 g/mol. The summed E-state index contributed by atoms with van der Waals surface area (Å²) in [4.78, 5) is 19.1. The van der Waals surface area contributed by atoms with Gasteiger partial charge in [-0.25, -0.2) is 0 Å². The number of nitrogens with zero attached hydrogens (tertiary/aromatic N) is 2. The van der Waals surface area contributed by atoms with Crippen molar-refractivity contribution in [2.24, 2.45) is 4.99 Å². The van der Waals surface area contributed by atoms with Crippen LogP contribution in [0.1, 0.15) is 24.2 Å². The van der Waals surface area contributed by atoms with Gasteiger partial charge < -0.3 is 18.8 Å². The largest absolute Gasteiger partial charge is 0.495 e. The van der Waals surface area contributed by atoms with Crippen molar-refractivity contribution in [1.82, 2.24) is 4.57 Å². The van der Waals surface area contributed by atoms with Gasteiger partial charge in [0.2, 0.25) is 0 Å². The second kappa shape index (κ2) is 10.7. The maximum Gasteiger partial charge on any atom is 0.280 e. The van der Waals surface area contributed by atoms with E-state index in [1.54, 1.807) is 26.0 Å². The fourth-order valence-electron chi connectivity index (χ4n) is 3.12. The number of amides is 1. The minimum atomic E-state index is -0.263. The van der Waals surface area contributed by atoms with Crippen molar-refractivity contribution in [3.63, 3.8) is 0 Å². The highest BCUT2D eigenvalue weighted by Gasteiger charge is 2.17. The monoisotopic (exact) mass is 446 g/mol. The standard InChI is InChI=1S/C22H26N2O4S2/c1-5-28-14-13-24-19-16(26-3)11-12-17(27-4)20(19)30-22(24)23-21(25)15-9-7-8-10-18(15)29-6-2/h7-12H,5-6,13-14H2,1-4H3. The van der Waals surface area contributed by atoms with Gasteiger partial charge in [-0.15, -0.1) is 11.8 Å². The molecule has 0 aliphatic rings. The fourth-order valence-corrected chi connectivity index (χ4v) is 5.08. The van der Waals surface area contributed by atoms with Crippen LogP contribution in [-0.2, 0) is 11.3 Å². The number of aromatic nitrogens is 1. The van der Waals surface area contributed by atoms with E-state index in [0.29, 0.717) is 35.9 Å². The Labute approximate surface area is 184 Å². The van der Waals surface area contributed by atoms with Gasteiger partial charge in [-0.1, -0.05) is 30.4 Å². The number of ether oxygens (including phenoxy) is 3. The Bertz CT molecular complexity index is 1090. The third kappa shape index (κ3) is 4.71. The van der Waals surface area contributed by atoms with Crippen molar-refractivity contribution < 1.29 is 19.0 Å². The molecule has 0 saturated heterocycles. The summed E-state index contributed by atoms with van der Waals surface area (Å²) in [6.07, 6.45) is 0. The van der Waals surface area contributed by atoms with Crippen LogP contribution in [0.2, 0.25) is 0 Å². The van der Waals surface area contributed by atoms with Crippen molar-refractivity contribution in [2.75, 3.05) is 33.2 Å². The summed E-state index contributed by atoms with van der Waals surface area (Å²) in [7, 11) is 3.26. The van der Waals surface area contributed by atoms with Crippen LogP contribution < -0.4 is 14.3 Å². The molecule has 3 aromatic rings. The number of thioether (sulfide) groups is 1. The first-order valence-corrected chi connectivity index (χ1v) is 11.6. The molecule has 0 bridgehead atoms. The summed E-state index contributed by atoms with van der Waals surface area (Å²) in [5, 5.41) is 0. The fraction of sp³-hybridized carbons (Fsp3) is 0.364. The first-order chi connectivity index (χ1) is 14.6. The predicted octanol–water partition coefficient (Wildman–Crippen LogP) is 4.61. The third-order valence-corrected chi connectivity index (χ3v) is 6.52. The summed E-state index contributed by atoms with van der Waals surface area (Å²) < 4.78 is 19.6. The van der Waals surface area contributed by atoms with Crippen LogP contribution in [0, 0.1) is 0 Å². The van der Waals surface area contributed by atoms with Gasteiger partial charge in [0.25, 0.3) is 5.91 Å². The number of rotatable bonds is 9. The molecule has 0 unspecified atom stereocenters. The number of hydrogen-bond acceptors (Lipinski definition) is 6. The average Bonchev–Trinajstić information content (AvgIpc) is 3.12. The molecule has 0 N–H and O–H groups in total. The lowest BCUT2D eigenvalue weighted by atomic mass is 10.2. The second-order valence-electron chi connectivity index (χ2n) is 6.23. The van der Waals surface area contributed by atoms with E-state index in [0.717, 1.165) is 26.6 Å². The van der Waals surface area contributed by atoms with Crippen LogP contribution in [0.5, 0.6) is 11.5 Å². The number of benzene rings is 2. The van der Waals surface area contributed by atoms with Crippen LogP contribution in [-0.4, -0.2) is 43.7 Å².